The minimum atomic E-state index is -1.43. The second-order valence-corrected chi connectivity index (χ2v) is 9.89. The quantitative estimate of drug-likeness (QED) is 0.437. The molecule has 0 bridgehead atoms. The standard InChI is InChI=1S/C20H26O7/c1-8(2)19-13(26-19)14-20(27-14)17(3)6-11(21)12-9(7-25-15(12)22)10(17)4-5-18(20,24)16(19)23/h8,10-11,13-14,16,21,23-24H,4-7H2,1-3H3. The van der Waals surface area contributed by atoms with Crippen molar-refractivity contribution in [1.82, 2.24) is 0 Å². The van der Waals surface area contributed by atoms with E-state index in [1.165, 1.54) is 0 Å². The smallest absolute Gasteiger partial charge is 0.337 e. The Hall–Kier alpha value is -0.990. The number of ether oxygens (including phenoxy) is 3. The molecule has 27 heavy (non-hydrogen) atoms. The van der Waals surface area contributed by atoms with Gasteiger partial charge in [-0.1, -0.05) is 20.8 Å². The lowest BCUT2D eigenvalue weighted by molar-refractivity contribution is -0.221. The van der Waals surface area contributed by atoms with E-state index in [-0.39, 0.29) is 30.7 Å². The first-order valence-corrected chi connectivity index (χ1v) is 9.99. The third-order valence-electron chi connectivity index (χ3n) is 8.80. The zero-order chi connectivity index (χ0) is 19.1. The molecule has 0 aromatic heterocycles. The van der Waals surface area contributed by atoms with Gasteiger partial charge in [-0.3, -0.25) is 0 Å². The molecule has 148 valence electrons. The second-order valence-electron chi connectivity index (χ2n) is 9.89. The number of carbonyl (C=O) groups is 1. The number of carbonyl (C=O) groups excluding carboxylic acids is 1. The number of rotatable bonds is 1. The Morgan fingerprint density at radius 3 is 2.63 bits per heavy atom. The first-order chi connectivity index (χ1) is 12.6. The van der Waals surface area contributed by atoms with Crippen LogP contribution < -0.4 is 0 Å². The van der Waals surface area contributed by atoms with Gasteiger partial charge in [0.2, 0.25) is 0 Å². The Morgan fingerprint density at radius 1 is 1.19 bits per heavy atom. The summed E-state index contributed by atoms with van der Waals surface area (Å²) in [5.41, 5.74) is -2.51. The maximum Gasteiger partial charge on any atom is 0.337 e. The van der Waals surface area contributed by atoms with Gasteiger partial charge in [-0.05, 0) is 36.7 Å². The highest BCUT2D eigenvalue weighted by Crippen LogP contribution is 2.77. The van der Waals surface area contributed by atoms with Crippen molar-refractivity contribution in [2.75, 3.05) is 6.61 Å². The summed E-state index contributed by atoms with van der Waals surface area (Å²) >= 11 is 0. The third kappa shape index (κ3) is 1.47. The molecule has 3 aliphatic heterocycles. The first-order valence-electron chi connectivity index (χ1n) is 9.99. The predicted octanol–water partition coefficient (Wildman–Crippen LogP) is 0.0575. The molecule has 3 N–H and O–H groups in total. The van der Waals surface area contributed by atoms with Crippen LogP contribution >= 0.6 is 0 Å². The van der Waals surface area contributed by atoms with Crippen LogP contribution in [0.5, 0.6) is 0 Å². The van der Waals surface area contributed by atoms with Crippen molar-refractivity contribution in [2.45, 2.75) is 81.3 Å². The van der Waals surface area contributed by atoms with E-state index < -0.39 is 40.4 Å². The van der Waals surface area contributed by atoms with Crippen LogP contribution in [0.15, 0.2) is 11.1 Å². The molecular formula is C20H26O7. The number of hydrogen-bond acceptors (Lipinski definition) is 7. The maximum absolute atomic E-state index is 12.1. The number of aliphatic hydroxyl groups is 3. The van der Waals surface area contributed by atoms with E-state index in [0.29, 0.717) is 24.8 Å². The minimum Gasteiger partial charge on any atom is -0.458 e. The lowest BCUT2D eigenvalue weighted by atomic mass is 9.45. The molecule has 7 nitrogen and oxygen atoms in total. The van der Waals surface area contributed by atoms with E-state index in [4.69, 9.17) is 14.2 Å². The molecular weight excluding hydrogens is 352 g/mol. The molecule has 9 unspecified atom stereocenters. The van der Waals surface area contributed by atoms with E-state index in [1.54, 1.807) is 0 Å². The molecule has 6 rings (SSSR count). The summed E-state index contributed by atoms with van der Waals surface area (Å²) in [7, 11) is 0. The van der Waals surface area contributed by atoms with Crippen molar-refractivity contribution in [1.29, 1.82) is 0 Å². The van der Waals surface area contributed by atoms with Crippen LogP contribution in [0.3, 0.4) is 0 Å². The molecule has 9 atom stereocenters. The largest absolute Gasteiger partial charge is 0.458 e. The molecule has 0 radical (unpaired) electrons. The molecule has 3 heterocycles. The Kier molecular flexibility index (Phi) is 2.78. The topological polar surface area (TPSA) is 112 Å². The highest BCUT2D eigenvalue weighted by molar-refractivity contribution is 5.93. The molecule has 0 aromatic carbocycles. The van der Waals surface area contributed by atoms with Crippen molar-refractivity contribution < 1.29 is 34.3 Å². The van der Waals surface area contributed by atoms with Crippen LogP contribution in [0.1, 0.15) is 40.0 Å². The Labute approximate surface area is 157 Å². The van der Waals surface area contributed by atoms with Gasteiger partial charge < -0.3 is 29.5 Å². The summed E-state index contributed by atoms with van der Waals surface area (Å²) < 4.78 is 17.5. The SMILES string of the molecule is CC(C)C12OC1C1OC13C1(C)CC(O)C4=C(COC4=O)C1CCC3(O)C2O. The summed E-state index contributed by atoms with van der Waals surface area (Å²) in [5.74, 6) is -0.398. The summed E-state index contributed by atoms with van der Waals surface area (Å²) in [4.78, 5) is 12.1. The van der Waals surface area contributed by atoms with Gasteiger partial charge in [0.25, 0.3) is 0 Å². The third-order valence-corrected chi connectivity index (χ3v) is 8.80. The molecule has 2 saturated carbocycles. The van der Waals surface area contributed by atoms with Gasteiger partial charge in [0, 0.05) is 5.41 Å². The van der Waals surface area contributed by atoms with Crippen LogP contribution in [-0.2, 0) is 19.0 Å². The average Bonchev–Trinajstić information content (AvgIpc) is 3.46. The van der Waals surface area contributed by atoms with Crippen molar-refractivity contribution in [3.63, 3.8) is 0 Å². The van der Waals surface area contributed by atoms with Gasteiger partial charge in [0.1, 0.15) is 41.7 Å². The van der Waals surface area contributed by atoms with Gasteiger partial charge >= 0.3 is 5.97 Å². The van der Waals surface area contributed by atoms with Crippen LogP contribution in [0.2, 0.25) is 0 Å². The lowest BCUT2D eigenvalue weighted by Gasteiger charge is -2.59. The molecule has 0 aromatic rings. The van der Waals surface area contributed by atoms with Gasteiger partial charge in [-0.15, -0.1) is 0 Å². The van der Waals surface area contributed by atoms with Crippen LogP contribution in [0.25, 0.3) is 0 Å². The predicted molar refractivity (Wildman–Crippen MR) is 90.4 cm³/mol. The van der Waals surface area contributed by atoms with Gasteiger partial charge in [0.05, 0.1) is 11.7 Å². The highest BCUT2D eigenvalue weighted by atomic mass is 16.7. The van der Waals surface area contributed by atoms with Gasteiger partial charge in [0.15, 0.2) is 0 Å². The normalized spacial score (nSPS) is 60.1. The molecule has 3 aliphatic carbocycles. The Bertz CT molecular complexity index is 806. The summed E-state index contributed by atoms with van der Waals surface area (Å²) in [6, 6.07) is 0. The van der Waals surface area contributed by atoms with Crippen LogP contribution in [0, 0.1) is 17.3 Å². The molecule has 2 saturated heterocycles. The fourth-order valence-electron chi connectivity index (χ4n) is 7.49. The Balaban J connectivity index is 1.49. The van der Waals surface area contributed by atoms with E-state index in [0.717, 1.165) is 5.57 Å². The molecule has 6 aliphatic rings. The maximum atomic E-state index is 12.1. The number of hydrogen-bond donors (Lipinski definition) is 3. The zero-order valence-corrected chi connectivity index (χ0v) is 15.8. The highest BCUT2D eigenvalue weighted by Gasteiger charge is 2.94. The van der Waals surface area contributed by atoms with Crippen LogP contribution in [0.4, 0.5) is 0 Å². The average molecular weight is 378 g/mol. The number of esters is 1. The fraction of sp³-hybridized carbons (Fsp3) is 0.850. The van der Waals surface area contributed by atoms with E-state index >= 15 is 0 Å². The molecule has 4 fully saturated rings. The summed E-state index contributed by atoms with van der Waals surface area (Å²) in [5, 5.41) is 33.8. The van der Waals surface area contributed by atoms with Crippen molar-refractivity contribution in [3.05, 3.63) is 11.1 Å². The zero-order valence-electron chi connectivity index (χ0n) is 15.8. The molecule has 0 amide bonds. The van der Waals surface area contributed by atoms with Crippen LogP contribution in [-0.4, -0.2) is 69.1 Å². The summed E-state index contributed by atoms with van der Waals surface area (Å²) in [6.07, 6.45) is -1.23. The number of fused-ring (bicyclic) bond motifs is 4. The monoisotopic (exact) mass is 378 g/mol. The van der Waals surface area contributed by atoms with Gasteiger partial charge in [-0.2, -0.15) is 0 Å². The van der Waals surface area contributed by atoms with Gasteiger partial charge in [-0.25, -0.2) is 4.79 Å². The molecule has 7 heteroatoms. The fourth-order valence-corrected chi connectivity index (χ4v) is 7.49. The summed E-state index contributed by atoms with van der Waals surface area (Å²) in [6.45, 7) is 6.22. The van der Waals surface area contributed by atoms with E-state index in [2.05, 4.69) is 0 Å². The number of epoxide rings is 2. The number of aliphatic hydroxyl groups excluding tert-OH is 2. The van der Waals surface area contributed by atoms with E-state index in [1.807, 2.05) is 20.8 Å². The van der Waals surface area contributed by atoms with E-state index in [9.17, 15) is 20.1 Å². The van der Waals surface area contributed by atoms with Crippen molar-refractivity contribution >= 4 is 5.97 Å². The van der Waals surface area contributed by atoms with Crippen molar-refractivity contribution in [2.24, 2.45) is 17.3 Å². The number of cyclic esters (lactones) is 1. The molecule has 1 spiro atoms. The Morgan fingerprint density at radius 2 is 1.93 bits per heavy atom. The first kappa shape index (κ1) is 16.9. The lowest BCUT2D eigenvalue weighted by Crippen LogP contribution is -2.74. The second kappa shape index (κ2) is 4.44. The van der Waals surface area contributed by atoms with Crippen molar-refractivity contribution in [3.8, 4) is 0 Å². The minimum absolute atomic E-state index is 0.0230.